The fourth-order valence-electron chi connectivity index (χ4n) is 3.42. The van der Waals surface area contributed by atoms with Crippen molar-refractivity contribution in [3.8, 4) is 0 Å². The number of hydroxylamine groups is 1. The maximum atomic E-state index is 13.0. The number of nitrogens with one attached hydrogen (secondary N) is 2. The van der Waals surface area contributed by atoms with Crippen LogP contribution in [-0.4, -0.2) is 66.3 Å². The molecule has 0 aromatic heterocycles. The van der Waals surface area contributed by atoms with Crippen molar-refractivity contribution >= 4 is 22.0 Å². The number of carbonyl (C=O) groups excluding carboxylic acids is 2. The van der Waals surface area contributed by atoms with Gasteiger partial charge in [0, 0.05) is 31.2 Å². The van der Waals surface area contributed by atoms with Crippen molar-refractivity contribution in [2.75, 3.05) is 26.2 Å². The van der Waals surface area contributed by atoms with Crippen molar-refractivity contribution in [3.05, 3.63) is 35.4 Å². The summed E-state index contributed by atoms with van der Waals surface area (Å²) in [6.45, 7) is 8.34. The number of unbranched alkanes of at least 4 members (excludes halogenated alkanes) is 1. The number of rotatable bonds is 9. The van der Waals surface area contributed by atoms with E-state index in [0.717, 1.165) is 16.3 Å². The smallest absolute Gasteiger partial charge is 0.282 e. The first-order chi connectivity index (χ1) is 14.5. The Balaban J connectivity index is 2.02. The van der Waals surface area contributed by atoms with E-state index in [1.54, 1.807) is 12.1 Å². The van der Waals surface area contributed by atoms with Crippen LogP contribution in [0.25, 0.3) is 0 Å². The zero-order valence-electron chi connectivity index (χ0n) is 18.7. The molecule has 1 aromatic carbocycles. The summed E-state index contributed by atoms with van der Waals surface area (Å²) in [4.78, 5) is 24.2. The molecule has 9 nitrogen and oxygen atoms in total. The molecule has 1 heterocycles. The Labute approximate surface area is 184 Å². The summed E-state index contributed by atoms with van der Waals surface area (Å²) in [5, 5.41) is 11.7. The van der Waals surface area contributed by atoms with E-state index in [2.05, 4.69) is 26.1 Å². The topological polar surface area (TPSA) is 119 Å². The van der Waals surface area contributed by atoms with E-state index in [9.17, 15) is 18.0 Å². The van der Waals surface area contributed by atoms with Gasteiger partial charge in [-0.05, 0) is 36.0 Å². The zero-order valence-corrected chi connectivity index (χ0v) is 19.5. The molecule has 0 radical (unpaired) electrons. The average molecular weight is 455 g/mol. The van der Waals surface area contributed by atoms with Crippen molar-refractivity contribution in [3.63, 3.8) is 0 Å². The molecule has 0 spiro atoms. The molecule has 10 heteroatoms. The lowest BCUT2D eigenvalue weighted by Crippen LogP contribution is -2.48. The van der Waals surface area contributed by atoms with Crippen LogP contribution >= 0.6 is 0 Å². The summed E-state index contributed by atoms with van der Waals surface area (Å²) >= 11 is 0. The highest BCUT2D eigenvalue weighted by Crippen LogP contribution is 2.22. The van der Waals surface area contributed by atoms with Crippen molar-refractivity contribution in [1.29, 1.82) is 0 Å². The Morgan fingerprint density at radius 2 is 1.87 bits per heavy atom. The standard InChI is InChI=1S/C21H34N4O5S/c1-5-6-12-24(15-19(26)23-28)31(29,30)25-13-11-18(14-25)22-20(27)16-7-9-17(10-8-16)21(2,3)4/h7-10,18,28H,5-6,11-15H2,1-4H3,(H,22,27)(H,23,26). The van der Waals surface area contributed by atoms with E-state index in [1.165, 1.54) is 9.79 Å². The minimum atomic E-state index is -3.89. The van der Waals surface area contributed by atoms with Crippen molar-refractivity contribution in [2.45, 2.75) is 58.4 Å². The molecule has 1 aliphatic rings. The average Bonchev–Trinajstić information content (AvgIpc) is 3.19. The maximum Gasteiger partial charge on any atom is 0.282 e. The second-order valence-electron chi connectivity index (χ2n) is 8.87. The third-order valence-corrected chi connectivity index (χ3v) is 7.31. The Bertz CT molecular complexity index is 865. The Morgan fingerprint density at radius 1 is 1.23 bits per heavy atom. The SMILES string of the molecule is CCCCN(CC(=O)NO)S(=O)(=O)N1CCC(NC(=O)c2ccc(C(C)(C)C)cc2)C1. The minimum Gasteiger partial charge on any atom is -0.348 e. The third kappa shape index (κ3) is 6.73. The molecule has 1 aliphatic heterocycles. The first kappa shape index (κ1) is 25.3. The third-order valence-electron chi connectivity index (χ3n) is 5.36. The number of nitrogens with zero attached hydrogens (tertiary/aromatic N) is 2. The van der Waals surface area contributed by atoms with Crippen LogP contribution in [0.5, 0.6) is 0 Å². The predicted molar refractivity (Wildman–Crippen MR) is 118 cm³/mol. The molecule has 0 aliphatic carbocycles. The zero-order chi connectivity index (χ0) is 23.2. The molecule has 2 rings (SSSR count). The van der Waals surface area contributed by atoms with Crippen molar-refractivity contribution in [2.24, 2.45) is 0 Å². The highest BCUT2D eigenvalue weighted by atomic mass is 32.2. The van der Waals surface area contributed by atoms with Gasteiger partial charge >= 0.3 is 0 Å². The monoisotopic (exact) mass is 454 g/mol. The number of amides is 2. The lowest BCUT2D eigenvalue weighted by molar-refractivity contribution is -0.129. The second kappa shape index (κ2) is 10.5. The van der Waals surface area contributed by atoms with Crippen LogP contribution in [0.15, 0.2) is 24.3 Å². The molecule has 174 valence electrons. The lowest BCUT2D eigenvalue weighted by atomic mass is 9.86. The first-order valence-electron chi connectivity index (χ1n) is 10.6. The summed E-state index contributed by atoms with van der Waals surface area (Å²) in [6, 6.07) is 7.10. The summed E-state index contributed by atoms with van der Waals surface area (Å²) in [5.41, 5.74) is 3.12. The molecule has 1 unspecified atom stereocenters. The Hall–Kier alpha value is -2.01. The van der Waals surface area contributed by atoms with Crippen LogP contribution in [0, 0.1) is 0 Å². The number of benzene rings is 1. The fraction of sp³-hybridized carbons (Fsp3) is 0.619. The van der Waals surface area contributed by atoms with Crippen LogP contribution in [0.1, 0.15) is 62.9 Å². The molecule has 1 fully saturated rings. The summed E-state index contributed by atoms with van der Waals surface area (Å²) in [7, 11) is -3.89. The van der Waals surface area contributed by atoms with Crippen LogP contribution in [0.2, 0.25) is 0 Å². The fourth-order valence-corrected chi connectivity index (χ4v) is 5.09. The van der Waals surface area contributed by atoms with Crippen LogP contribution in [0.4, 0.5) is 0 Å². The molecule has 1 aromatic rings. The Morgan fingerprint density at radius 3 is 2.42 bits per heavy atom. The minimum absolute atomic E-state index is 0.00804. The highest BCUT2D eigenvalue weighted by Gasteiger charge is 2.36. The van der Waals surface area contributed by atoms with Crippen molar-refractivity contribution in [1.82, 2.24) is 19.4 Å². The molecule has 0 saturated carbocycles. The molecular weight excluding hydrogens is 420 g/mol. The van der Waals surface area contributed by atoms with Gasteiger partial charge in [0.2, 0.25) is 0 Å². The summed E-state index contributed by atoms with van der Waals surface area (Å²) in [5.74, 6) is -1.03. The largest absolute Gasteiger partial charge is 0.348 e. The van der Waals surface area contributed by atoms with Gasteiger partial charge in [-0.1, -0.05) is 46.2 Å². The van der Waals surface area contributed by atoms with Gasteiger partial charge < -0.3 is 5.32 Å². The van der Waals surface area contributed by atoms with Gasteiger partial charge in [0.05, 0.1) is 6.54 Å². The van der Waals surface area contributed by atoms with E-state index >= 15 is 0 Å². The molecule has 31 heavy (non-hydrogen) atoms. The van der Waals surface area contributed by atoms with E-state index in [-0.39, 0.29) is 37.0 Å². The van der Waals surface area contributed by atoms with Crippen LogP contribution in [-0.2, 0) is 20.4 Å². The maximum absolute atomic E-state index is 13.0. The normalized spacial score (nSPS) is 17.7. The molecular formula is C21H34N4O5S. The van der Waals surface area contributed by atoms with E-state index in [0.29, 0.717) is 18.4 Å². The number of carbonyl (C=O) groups is 2. The predicted octanol–water partition coefficient (Wildman–Crippen LogP) is 1.64. The van der Waals surface area contributed by atoms with Gasteiger partial charge in [0.15, 0.2) is 0 Å². The molecule has 2 amide bonds. The summed E-state index contributed by atoms with van der Waals surface area (Å²) < 4.78 is 28.3. The molecule has 1 atom stereocenters. The van der Waals surface area contributed by atoms with Crippen LogP contribution in [0.3, 0.4) is 0 Å². The number of hydrogen-bond acceptors (Lipinski definition) is 5. The van der Waals surface area contributed by atoms with E-state index in [4.69, 9.17) is 5.21 Å². The van der Waals surface area contributed by atoms with Gasteiger partial charge in [-0.3, -0.25) is 14.8 Å². The highest BCUT2D eigenvalue weighted by molar-refractivity contribution is 7.86. The number of hydrogen-bond donors (Lipinski definition) is 3. The van der Waals surface area contributed by atoms with Gasteiger partial charge in [0.25, 0.3) is 22.0 Å². The van der Waals surface area contributed by atoms with Gasteiger partial charge in [-0.15, -0.1) is 0 Å². The van der Waals surface area contributed by atoms with Gasteiger partial charge in [-0.25, -0.2) is 5.48 Å². The van der Waals surface area contributed by atoms with Crippen molar-refractivity contribution < 1.29 is 23.2 Å². The van der Waals surface area contributed by atoms with Gasteiger partial charge in [0.1, 0.15) is 0 Å². The van der Waals surface area contributed by atoms with Crippen LogP contribution < -0.4 is 10.8 Å². The quantitative estimate of drug-likeness (QED) is 0.387. The lowest BCUT2D eigenvalue weighted by Gasteiger charge is -2.26. The Kier molecular flexibility index (Phi) is 8.58. The van der Waals surface area contributed by atoms with E-state index in [1.807, 2.05) is 19.1 Å². The molecule has 3 N–H and O–H groups in total. The second-order valence-corrected chi connectivity index (χ2v) is 10.8. The van der Waals surface area contributed by atoms with E-state index < -0.39 is 22.7 Å². The molecule has 1 saturated heterocycles. The summed E-state index contributed by atoms with van der Waals surface area (Å²) in [6.07, 6.45) is 1.84. The molecule has 0 bridgehead atoms. The first-order valence-corrected chi connectivity index (χ1v) is 12.0. The van der Waals surface area contributed by atoms with Gasteiger partial charge in [-0.2, -0.15) is 17.0 Å².